The number of rotatable bonds is 5. The van der Waals surface area contributed by atoms with Gasteiger partial charge in [-0.05, 0) is 11.6 Å². The van der Waals surface area contributed by atoms with Crippen LogP contribution in [-0.2, 0) is 26.6 Å². The zero-order valence-electron chi connectivity index (χ0n) is 11.4. The maximum Gasteiger partial charge on any atom is 0.245 e. The summed E-state index contributed by atoms with van der Waals surface area (Å²) in [6, 6.07) is 6.34. The molecule has 0 amide bonds. The van der Waals surface area contributed by atoms with Gasteiger partial charge in [0.25, 0.3) is 0 Å². The number of hydrogen-bond donors (Lipinski definition) is 0. The van der Waals surface area contributed by atoms with Crippen molar-refractivity contribution < 1.29 is 16.8 Å². The van der Waals surface area contributed by atoms with Gasteiger partial charge in [-0.3, -0.25) is 0 Å². The fourth-order valence-corrected chi connectivity index (χ4v) is 4.96. The smallest absolute Gasteiger partial charge is 0.245 e. The molecule has 114 valence electrons. The molecule has 2 aromatic rings. The number of aromatic nitrogens is 3. The number of sulfonamides is 2. The van der Waals surface area contributed by atoms with E-state index >= 15 is 0 Å². The van der Waals surface area contributed by atoms with Crippen molar-refractivity contribution >= 4 is 25.7 Å². The van der Waals surface area contributed by atoms with Crippen LogP contribution < -0.4 is 3.71 Å². The van der Waals surface area contributed by atoms with Gasteiger partial charge in [0.05, 0.1) is 30.9 Å². The second kappa shape index (κ2) is 5.45. The largest absolute Gasteiger partial charge is 0.248 e. The Kier molecular flexibility index (Phi) is 4.01. The first-order chi connectivity index (χ1) is 9.69. The highest BCUT2D eigenvalue weighted by molar-refractivity contribution is 8.09. The van der Waals surface area contributed by atoms with Gasteiger partial charge in [0.15, 0.2) is 0 Å². The third-order valence-electron chi connectivity index (χ3n) is 2.60. The summed E-state index contributed by atoms with van der Waals surface area (Å²) in [5.74, 6) is 0. The van der Waals surface area contributed by atoms with E-state index in [9.17, 15) is 16.8 Å². The average molecular weight is 330 g/mol. The van der Waals surface area contributed by atoms with Gasteiger partial charge in [-0.15, -0.1) is 5.10 Å². The van der Waals surface area contributed by atoms with E-state index in [1.807, 2.05) is 0 Å². The Morgan fingerprint density at radius 1 is 1.10 bits per heavy atom. The van der Waals surface area contributed by atoms with Crippen LogP contribution in [-0.4, -0.2) is 44.3 Å². The predicted molar refractivity (Wildman–Crippen MR) is 77.7 cm³/mol. The number of para-hydroxylation sites is 1. The van der Waals surface area contributed by atoms with Crippen LogP contribution in [0.15, 0.2) is 36.7 Å². The molecule has 0 N–H and O–H groups in total. The maximum atomic E-state index is 11.8. The van der Waals surface area contributed by atoms with Crippen molar-refractivity contribution in [2.24, 2.45) is 0 Å². The lowest BCUT2D eigenvalue weighted by molar-refractivity contribution is 0.590. The molecule has 0 saturated carbocycles. The Labute approximate surface area is 123 Å². The Hall–Kier alpha value is -1.94. The summed E-state index contributed by atoms with van der Waals surface area (Å²) in [5.41, 5.74) is 0.580. The number of hydrogen-bond acceptors (Lipinski definition) is 6. The molecular weight excluding hydrogens is 316 g/mol. The van der Waals surface area contributed by atoms with Crippen LogP contribution in [0.5, 0.6) is 0 Å². The highest BCUT2D eigenvalue weighted by Gasteiger charge is 2.29. The molecule has 0 atom stereocenters. The summed E-state index contributed by atoms with van der Waals surface area (Å²) in [7, 11) is -7.95. The van der Waals surface area contributed by atoms with Crippen LogP contribution in [0.3, 0.4) is 0 Å². The highest BCUT2D eigenvalue weighted by Crippen LogP contribution is 2.26. The second-order valence-corrected chi connectivity index (χ2v) is 8.35. The molecule has 0 saturated heterocycles. The molecule has 0 spiro atoms. The molecule has 0 unspecified atom stereocenters. The first kappa shape index (κ1) is 15.4. The summed E-state index contributed by atoms with van der Waals surface area (Å²) in [4.78, 5) is 0. The van der Waals surface area contributed by atoms with Crippen LogP contribution >= 0.6 is 0 Å². The van der Waals surface area contributed by atoms with E-state index in [-0.39, 0.29) is 12.2 Å². The van der Waals surface area contributed by atoms with Crippen molar-refractivity contribution in [3.63, 3.8) is 0 Å². The minimum Gasteiger partial charge on any atom is -0.248 e. The molecule has 0 aliphatic heterocycles. The minimum atomic E-state index is -3.98. The van der Waals surface area contributed by atoms with Crippen molar-refractivity contribution in [3.05, 3.63) is 42.2 Å². The van der Waals surface area contributed by atoms with Crippen LogP contribution in [0.2, 0.25) is 0 Å². The fourth-order valence-electron chi connectivity index (χ4n) is 1.92. The molecule has 0 radical (unpaired) electrons. The molecular formula is C11H14N4O4S2. The van der Waals surface area contributed by atoms with E-state index < -0.39 is 20.0 Å². The van der Waals surface area contributed by atoms with Gasteiger partial charge < -0.3 is 0 Å². The standard InChI is InChI=1S/C11H14N4O4S2/c1-20(16,17)15(21(2,18)19)11-6-4-3-5-10(11)9-14-8-7-12-13-14/h3-8H,9H2,1-2H3. The van der Waals surface area contributed by atoms with Crippen molar-refractivity contribution in [3.8, 4) is 0 Å². The van der Waals surface area contributed by atoms with E-state index in [0.29, 0.717) is 9.27 Å². The molecule has 1 aromatic heterocycles. The Morgan fingerprint density at radius 3 is 2.24 bits per heavy atom. The predicted octanol–water partition coefficient (Wildman–Crippen LogP) is 0.0520. The van der Waals surface area contributed by atoms with Gasteiger partial charge in [-0.2, -0.15) is 3.71 Å². The summed E-state index contributed by atoms with van der Waals surface area (Å²) >= 11 is 0. The van der Waals surface area contributed by atoms with Crippen LogP contribution in [0.25, 0.3) is 0 Å². The summed E-state index contributed by atoms with van der Waals surface area (Å²) in [6.07, 6.45) is 4.77. The molecule has 1 aromatic carbocycles. The fraction of sp³-hybridized carbons (Fsp3) is 0.273. The first-order valence-corrected chi connectivity index (χ1v) is 9.52. The zero-order chi connectivity index (χ0) is 15.7. The molecule has 0 aliphatic carbocycles. The van der Waals surface area contributed by atoms with Gasteiger partial charge in [-0.1, -0.05) is 23.4 Å². The highest BCUT2D eigenvalue weighted by atomic mass is 32.3. The third-order valence-corrected chi connectivity index (χ3v) is 5.82. The first-order valence-electron chi connectivity index (χ1n) is 5.82. The number of anilines is 1. The zero-order valence-corrected chi connectivity index (χ0v) is 13.0. The molecule has 0 fully saturated rings. The van der Waals surface area contributed by atoms with Crippen molar-refractivity contribution in [2.45, 2.75) is 6.54 Å². The molecule has 21 heavy (non-hydrogen) atoms. The molecule has 8 nitrogen and oxygen atoms in total. The summed E-state index contributed by atoms with van der Waals surface area (Å²) in [5, 5.41) is 7.44. The molecule has 10 heteroatoms. The summed E-state index contributed by atoms with van der Waals surface area (Å²) < 4.78 is 49.3. The number of nitrogens with zero attached hydrogens (tertiary/aromatic N) is 4. The van der Waals surface area contributed by atoms with Crippen molar-refractivity contribution in [2.75, 3.05) is 16.2 Å². The molecule has 0 aliphatic rings. The minimum absolute atomic E-state index is 0.0815. The molecule has 2 rings (SSSR count). The van der Waals surface area contributed by atoms with Crippen LogP contribution in [0.1, 0.15) is 5.56 Å². The van der Waals surface area contributed by atoms with Gasteiger partial charge >= 0.3 is 0 Å². The number of benzene rings is 1. The normalized spacial score (nSPS) is 12.3. The van der Waals surface area contributed by atoms with Crippen molar-refractivity contribution in [1.29, 1.82) is 0 Å². The lowest BCUT2D eigenvalue weighted by atomic mass is 10.2. The van der Waals surface area contributed by atoms with E-state index in [1.165, 1.54) is 16.9 Å². The quantitative estimate of drug-likeness (QED) is 0.768. The topological polar surface area (TPSA) is 102 Å². The van der Waals surface area contributed by atoms with E-state index in [0.717, 1.165) is 12.5 Å². The molecule has 1 heterocycles. The van der Waals surface area contributed by atoms with Crippen LogP contribution in [0.4, 0.5) is 5.69 Å². The third kappa shape index (κ3) is 3.58. The Morgan fingerprint density at radius 2 is 1.71 bits per heavy atom. The average Bonchev–Trinajstić information content (AvgIpc) is 2.80. The Bertz CT molecular complexity index is 797. The Balaban J connectivity index is 2.57. The lowest BCUT2D eigenvalue weighted by Gasteiger charge is -2.22. The van der Waals surface area contributed by atoms with E-state index in [4.69, 9.17) is 0 Å². The van der Waals surface area contributed by atoms with Crippen LogP contribution in [0, 0.1) is 0 Å². The monoisotopic (exact) mass is 330 g/mol. The van der Waals surface area contributed by atoms with Gasteiger partial charge in [0.2, 0.25) is 20.0 Å². The summed E-state index contributed by atoms with van der Waals surface area (Å²) in [6.45, 7) is 0.206. The lowest BCUT2D eigenvalue weighted by Crippen LogP contribution is -2.36. The van der Waals surface area contributed by atoms with E-state index in [1.54, 1.807) is 24.4 Å². The van der Waals surface area contributed by atoms with E-state index in [2.05, 4.69) is 10.3 Å². The van der Waals surface area contributed by atoms with Gasteiger partial charge in [0.1, 0.15) is 0 Å². The molecule has 0 bridgehead atoms. The van der Waals surface area contributed by atoms with Gasteiger partial charge in [0, 0.05) is 6.20 Å². The SMILES string of the molecule is CS(=O)(=O)N(c1ccccc1Cn1ccnn1)S(C)(=O)=O. The second-order valence-electron chi connectivity index (χ2n) is 4.45. The maximum absolute atomic E-state index is 11.8. The van der Waals surface area contributed by atoms with Gasteiger partial charge in [-0.25, -0.2) is 21.5 Å². The van der Waals surface area contributed by atoms with Crippen molar-refractivity contribution in [1.82, 2.24) is 15.0 Å².